The van der Waals surface area contributed by atoms with Crippen LogP contribution in [0.5, 0.6) is 0 Å². The fourth-order valence-corrected chi connectivity index (χ4v) is 2.25. The summed E-state index contributed by atoms with van der Waals surface area (Å²) in [6, 6.07) is 8.15. The molecule has 110 valence electrons. The van der Waals surface area contributed by atoms with Gasteiger partial charge in [-0.05, 0) is 42.3 Å². The number of carboxylic acids is 1. The van der Waals surface area contributed by atoms with E-state index in [2.05, 4.69) is 15.5 Å². The van der Waals surface area contributed by atoms with Crippen molar-refractivity contribution < 1.29 is 9.90 Å². The second kappa shape index (κ2) is 5.51. The molecule has 21 heavy (non-hydrogen) atoms. The molecule has 1 aromatic heterocycles. The Morgan fingerprint density at radius 1 is 1.38 bits per heavy atom. The summed E-state index contributed by atoms with van der Waals surface area (Å²) in [5.41, 5.74) is 1.99. The molecule has 0 atom stereocenters. The highest BCUT2D eigenvalue weighted by Crippen LogP contribution is 2.34. The van der Waals surface area contributed by atoms with Gasteiger partial charge in [-0.3, -0.25) is 4.79 Å². The van der Waals surface area contributed by atoms with E-state index in [-0.39, 0.29) is 6.54 Å². The van der Waals surface area contributed by atoms with Crippen LogP contribution in [0.15, 0.2) is 24.3 Å². The van der Waals surface area contributed by atoms with E-state index in [9.17, 15) is 4.79 Å². The molecule has 0 radical (unpaired) electrons. The first-order valence-corrected chi connectivity index (χ1v) is 6.93. The molecule has 0 amide bonds. The van der Waals surface area contributed by atoms with Gasteiger partial charge >= 0.3 is 5.97 Å². The van der Waals surface area contributed by atoms with Crippen LogP contribution in [-0.4, -0.2) is 37.8 Å². The zero-order chi connectivity index (χ0) is 14.8. The molecule has 1 aliphatic rings. The lowest BCUT2D eigenvalue weighted by atomic mass is 10.2. The number of aromatic nitrogens is 4. The molecule has 0 bridgehead atoms. The van der Waals surface area contributed by atoms with Crippen LogP contribution >= 0.6 is 0 Å². The van der Waals surface area contributed by atoms with Gasteiger partial charge in [0.15, 0.2) is 5.82 Å². The SMILES string of the molecule is Cc1ccc(N(CC(=O)O)Cc2nnnn2C2CC2)cc1. The van der Waals surface area contributed by atoms with E-state index >= 15 is 0 Å². The lowest BCUT2D eigenvalue weighted by molar-refractivity contribution is -0.135. The summed E-state index contributed by atoms with van der Waals surface area (Å²) < 4.78 is 1.81. The second-order valence-corrected chi connectivity index (χ2v) is 5.36. The first kappa shape index (κ1) is 13.5. The highest BCUT2D eigenvalue weighted by Gasteiger charge is 2.28. The summed E-state index contributed by atoms with van der Waals surface area (Å²) in [4.78, 5) is 12.9. The molecule has 0 unspecified atom stereocenters. The average molecular weight is 287 g/mol. The third kappa shape index (κ3) is 3.18. The van der Waals surface area contributed by atoms with Gasteiger partial charge in [-0.15, -0.1) is 5.10 Å². The molecule has 0 spiro atoms. The van der Waals surface area contributed by atoms with Crippen LogP contribution in [0.2, 0.25) is 0 Å². The molecular weight excluding hydrogens is 270 g/mol. The fourth-order valence-electron chi connectivity index (χ4n) is 2.25. The fraction of sp³-hybridized carbons (Fsp3) is 0.429. The zero-order valence-corrected chi connectivity index (χ0v) is 11.8. The van der Waals surface area contributed by atoms with Gasteiger partial charge in [0.2, 0.25) is 0 Å². The number of hydrogen-bond donors (Lipinski definition) is 1. The standard InChI is InChI=1S/C14H17N5O2/c1-10-2-4-11(5-3-10)18(9-14(20)21)8-13-15-16-17-19(13)12-6-7-12/h2-5,12H,6-9H2,1H3,(H,20,21). The minimum atomic E-state index is -0.874. The lowest BCUT2D eigenvalue weighted by Gasteiger charge is -2.22. The molecule has 0 aliphatic heterocycles. The van der Waals surface area contributed by atoms with Gasteiger partial charge in [0.1, 0.15) is 6.54 Å². The smallest absolute Gasteiger partial charge is 0.323 e. The molecule has 2 aromatic rings. The molecule has 1 aromatic carbocycles. The van der Waals surface area contributed by atoms with Crippen molar-refractivity contribution >= 4 is 11.7 Å². The topological polar surface area (TPSA) is 84.1 Å². The predicted molar refractivity (Wildman–Crippen MR) is 76.0 cm³/mol. The molecule has 3 rings (SSSR count). The van der Waals surface area contributed by atoms with E-state index in [0.717, 1.165) is 24.1 Å². The number of aliphatic carboxylic acids is 1. The van der Waals surface area contributed by atoms with Crippen LogP contribution in [0.1, 0.15) is 30.3 Å². The Morgan fingerprint density at radius 3 is 2.71 bits per heavy atom. The summed E-state index contributed by atoms with van der Waals surface area (Å²) >= 11 is 0. The van der Waals surface area contributed by atoms with Crippen LogP contribution in [-0.2, 0) is 11.3 Å². The molecule has 1 aliphatic carbocycles. The van der Waals surface area contributed by atoms with Gasteiger partial charge in [-0.25, -0.2) is 4.68 Å². The molecule has 7 heteroatoms. The van der Waals surface area contributed by atoms with E-state index in [1.807, 2.05) is 35.9 Å². The third-order valence-electron chi connectivity index (χ3n) is 3.51. The maximum atomic E-state index is 11.1. The van der Waals surface area contributed by atoms with E-state index in [1.165, 1.54) is 0 Å². The maximum absolute atomic E-state index is 11.1. The molecule has 1 fully saturated rings. The number of hydrogen-bond acceptors (Lipinski definition) is 5. The van der Waals surface area contributed by atoms with Crippen molar-refractivity contribution in [1.82, 2.24) is 20.2 Å². The Balaban J connectivity index is 1.83. The monoisotopic (exact) mass is 287 g/mol. The van der Waals surface area contributed by atoms with Crippen molar-refractivity contribution in [3.8, 4) is 0 Å². The van der Waals surface area contributed by atoms with Crippen molar-refractivity contribution in [2.24, 2.45) is 0 Å². The molecule has 7 nitrogen and oxygen atoms in total. The summed E-state index contributed by atoms with van der Waals surface area (Å²) in [7, 11) is 0. The molecule has 0 saturated heterocycles. The van der Waals surface area contributed by atoms with Crippen molar-refractivity contribution in [1.29, 1.82) is 0 Å². The van der Waals surface area contributed by atoms with Crippen LogP contribution in [0.3, 0.4) is 0 Å². The van der Waals surface area contributed by atoms with E-state index < -0.39 is 5.97 Å². The predicted octanol–water partition coefficient (Wildman–Crippen LogP) is 1.41. The number of carboxylic acid groups (broad SMARTS) is 1. The highest BCUT2D eigenvalue weighted by molar-refractivity contribution is 5.73. The van der Waals surface area contributed by atoms with Gasteiger partial charge in [-0.1, -0.05) is 17.7 Å². The van der Waals surface area contributed by atoms with Gasteiger partial charge in [-0.2, -0.15) is 0 Å². The number of anilines is 1. The van der Waals surface area contributed by atoms with E-state index in [1.54, 1.807) is 4.90 Å². The van der Waals surface area contributed by atoms with Crippen molar-refractivity contribution in [3.63, 3.8) is 0 Å². The Hall–Kier alpha value is -2.44. The largest absolute Gasteiger partial charge is 0.480 e. The van der Waals surface area contributed by atoms with Crippen LogP contribution in [0.25, 0.3) is 0 Å². The van der Waals surface area contributed by atoms with E-state index in [0.29, 0.717) is 18.4 Å². The van der Waals surface area contributed by atoms with Gasteiger partial charge in [0, 0.05) is 5.69 Å². The minimum Gasteiger partial charge on any atom is -0.480 e. The highest BCUT2D eigenvalue weighted by atomic mass is 16.4. The van der Waals surface area contributed by atoms with Gasteiger partial charge < -0.3 is 10.0 Å². The first-order chi connectivity index (χ1) is 10.1. The molecule has 1 heterocycles. The Bertz CT molecular complexity index is 633. The summed E-state index contributed by atoms with van der Waals surface area (Å²) in [6.07, 6.45) is 2.17. The second-order valence-electron chi connectivity index (χ2n) is 5.36. The average Bonchev–Trinajstić information content (AvgIpc) is 3.19. The lowest BCUT2D eigenvalue weighted by Crippen LogP contribution is -2.30. The summed E-state index contributed by atoms with van der Waals surface area (Å²) in [5.74, 6) is -0.166. The van der Waals surface area contributed by atoms with Gasteiger partial charge in [0.25, 0.3) is 0 Å². The van der Waals surface area contributed by atoms with Crippen molar-refractivity contribution in [3.05, 3.63) is 35.7 Å². The molecule has 1 N–H and O–H groups in total. The Morgan fingerprint density at radius 2 is 2.10 bits per heavy atom. The third-order valence-corrected chi connectivity index (χ3v) is 3.51. The Labute approximate surface area is 122 Å². The van der Waals surface area contributed by atoms with Crippen LogP contribution in [0.4, 0.5) is 5.69 Å². The van der Waals surface area contributed by atoms with Crippen LogP contribution in [0, 0.1) is 6.92 Å². The Kier molecular flexibility index (Phi) is 3.55. The van der Waals surface area contributed by atoms with Gasteiger partial charge in [0.05, 0.1) is 12.6 Å². The van der Waals surface area contributed by atoms with Crippen molar-refractivity contribution in [2.75, 3.05) is 11.4 Å². The number of tetrazole rings is 1. The molecule has 1 saturated carbocycles. The zero-order valence-electron chi connectivity index (χ0n) is 11.8. The summed E-state index contributed by atoms with van der Waals surface area (Å²) in [6.45, 7) is 2.30. The number of carbonyl (C=O) groups is 1. The number of rotatable bonds is 6. The maximum Gasteiger partial charge on any atom is 0.323 e. The number of aryl methyl sites for hydroxylation is 1. The normalized spacial score (nSPS) is 14.1. The number of nitrogens with zero attached hydrogens (tertiary/aromatic N) is 5. The summed E-state index contributed by atoms with van der Waals surface area (Å²) in [5, 5.41) is 20.9. The van der Waals surface area contributed by atoms with E-state index in [4.69, 9.17) is 5.11 Å². The van der Waals surface area contributed by atoms with Crippen molar-refractivity contribution in [2.45, 2.75) is 32.4 Å². The molecular formula is C14H17N5O2. The quantitative estimate of drug-likeness (QED) is 0.864. The number of benzene rings is 1. The minimum absolute atomic E-state index is 0.0828. The first-order valence-electron chi connectivity index (χ1n) is 6.93. The van der Waals surface area contributed by atoms with Crippen LogP contribution < -0.4 is 4.90 Å².